The molecule has 3 atom stereocenters. The molecular weight excluding hydrogens is 290 g/mol. The molecule has 2 saturated heterocycles. The predicted molar refractivity (Wildman–Crippen MR) is 92.4 cm³/mol. The molecule has 0 spiro atoms. The van der Waals surface area contributed by atoms with E-state index < -0.39 is 0 Å². The third kappa shape index (κ3) is 6.40. The van der Waals surface area contributed by atoms with Gasteiger partial charge in [-0.1, -0.05) is 39.0 Å². The van der Waals surface area contributed by atoms with Crippen molar-refractivity contribution in [2.45, 2.75) is 102 Å². The van der Waals surface area contributed by atoms with Crippen molar-refractivity contribution in [3.63, 3.8) is 0 Å². The maximum atomic E-state index is 11.2. The lowest BCUT2D eigenvalue weighted by atomic mass is 9.88. The van der Waals surface area contributed by atoms with Gasteiger partial charge in [0.25, 0.3) is 0 Å². The summed E-state index contributed by atoms with van der Waals surface area (Å²) in [5.74, 6) is 0.630. The first-order valence-corrected chi connectivity index (χ1v) is 9.65. The van der Waals surface area contributed by atoms with Crippen LogP contribution in [-0.2, 0) is 4.74 Å². The van der Waals surface area contributed by atoms with Crippen molar-refractivity contribution in [1.29, 1.82) is 0 Å². The lowest BCUT2D eigenvalue weighted by Crippen LogP contribution is -2.26. The number of nitrogens with zero attached hydrogens (tertiary/aromatic N) is 1. The molecular formula is C19H33NO3. The zero-order chi connectivity index (χ0) is 16.5. The Hall–Kier alpha value is -0.640. The molecule has 23 heavy (non-hydrogen) atoms. The summed E-state index contributed by atoms with van der Waals surface area (Å²) < 4.78 is 6.12. The second-order valence-electron chi connectivity index (χ2n) is 7.30. The third-order valence-corrected chi connectivity index (χ3v) is 5.49. The van der Waals surface area contributed by atoms with Gasteiger partial charge in [-0.25, -0.2) is 0 Å². The van der Waals surface area contributed by atoms with Crippen LogP contribution in [0.3, 0.4) is 0 Å². The van der Waals surface area contributed by atoms with E-state index in [1.165, 1.54) is 38.2 Å². The maximum Gasteiger partial charge on any atom is 0.213 e. The van der Waals surface area contributed by atoms with E-state index in [1.54, 1.807) is 0 Å². The second-order valence-corrected chi connectivity index (χ2v) is 7.30. The van der Waals surface area contributed by atoms with Crippen molar-refractivity contribution in [3.05, 3.63) is 23.1 Å². The average molecular weight is 323 g/mol. The molecule has 132 valence electrons. The van der Waals surface area contributed by atoms with E-state index >= 15 is 0 Å². The van der Waals surface area contributed by atoms with Crippen LogP contribution in [0.1, 0.15) is 89.9 Å². The van der Waals surface area contributed by atoms with E-state index in [0.29, 0.717) is 18.4 Å². The van der Waals surface area contributed by atoms with E-state index in [2.05, 4.69) is 6.92 Å². The van der Waals surface area contributed by atoms with Gasteiger partial charge in [0, 0.05) is 17.8 Å². The molecule has 1 aliphatic carbocycles. The van der Waals surface area contributed by atoms with Crippen LogP contribution in [0.5, 0.6) is 0 Å². The van der Waals surface area contributed by atoms with Crippen molar-refractivity contribution < 1.29 is 9.66 Å². The number of hydrogen-bond acceptors (Lipinski definition) is 3. The van der Waals surface area contributed by atoms with Crippen molar-refractivity contribution in [2.24, 2.45) is 5.92 Å². The molecule has 4 nitrogen and oxygen atoms in total. The van der Waals surface area contributed by atoms with Gasteiger partial charge in [0.1, 0.15) is 6.10 Å². The van der Waals surface area contributed by atoms with Gasteiger partial charge in [-0.3, -0.25) is 10.1 Å². The van der Waals surface area contributed by atoms with Crippen LogP contribution in [0, 0.1) is 29.1 Å². The minimum Gasteiger partial charge on any atom is -0.368 e. The molecule has 0 N–H and O–H groups in total. The molecule has 3 fully saturated rings. The number of unbranched alkanes of at least 4 members (excludes halogenated alkanes) is 4. The van der Waals surface area contributed by atoms with Crippen LogP contribution in [-0.4, -0.2) is 17.1 Å². The molecule has 0 aromatic heterocycles. The lowest BCUT2D eigenvalue weighted by Gasteiger charge is -2.32. The summed E-state index contributed by atoms with van der Waals surface area (Å²) in [6, 6.07) is -0.363. The Kier molecular flexibility index (Phi) is 8.35. The first-order valence-electron chi connectivity index (χ1n) is 9.65. The van der Waals surface area contributed by atoms with Crippen molar-refractivity contribution in [1.82, 2.24) is 0 Å². The molecule has 0 aromatic carbocycles. The maximum absolute atomic E-state index is 11.2. The SMILES string of the molecule is [CH2]CCCCCCC(CCC[C]1OC2CCCC1CC2)[N+](=O)[O-]. The Bertz CT molecular complexity index is 344. The van der Waals surface area contributed by atoms with Crippen LogP contribution in [0.25, 0.3) is 0 Å². The van der Waals surface area contributed by atoms with Crippen molar-refractivity contribution in [3.8, 4) is 0 Å². The largest absolute Gasteiger partial charge is 0.368 e. The lowest BCUT2D eigenvalue weighted by molar-refractivity contribution is -0.524. The summed E-state index contributed by atoms with van der Waals surface area (Å²) in [6.07, 6.45) is 16.5. The molecule has 2 aliphatic heterocycles. The van der Waals surface area contributed by atoms with Gasteiger partial charge in [-0.2, -0.15) is 0 Å². The average Bonchev–Trinajstić information content (AvgIpc) is 2.88. The summed E-state index contributed by atoms with van der Waals surface area (Å²) in [7, 11) is 0. The molecule has 4 heteroatoms. The highest BCUT2D eigenvalue weighted by atomic mass is 16.6. The smallest absolute Gasteiger partial charge is 0.213 e. The highest BCUT2D eigenvalue weighted by molar-refractivity contribution is 4.95. The van der Waals surface area contributed by atoms with Crippen LogP contribution in [0.4, 0.5) is 0 Å². The number of ether oxygens (including phenoxy) is 1. The second kappa shape index (κ2) is 10.3. The van der Waals surface area contributed by atoms with Gasteiger partial charge in [0.05, 0.1) is 6.10 Å². The first-order chi connectivity index (χ1) is 11.2. The van der Waals surface area contributed by atoms with Crippen LogP contribution in [0.15, 0.2) is 0 Å². The van der Waals surface area contributed by atoms with Crippen LogP contribution in [0.2, 0.25) is 0 Å². The Labute approximate surface area is 141 Å². The summed E-state index contributed by atoms with van der Waals surface area (Å²) in [6.45, 7) is 3.83. The van der Waals surface area contributed by atoms with Gasteiger partial charge in [-0.05, 0) is 50.9 Å². The highest BCUT2D eigenvalue weighted by Crippen LogP contribution is 2.41. The van der Waals surface area contributed by atoms with Crippen molar-refractivity contribution >= 4 is 0 Å². The molecule has 2 radical (unpaired) electrons. The minimum atomic E-state index is -0.363. The summed E-state index contributed by atoms with van der Waals surface area (Å²) >= 11 is 0. The van der Waals surface area contributed by atoms with Gasteiger partial charge < -0.3 is 4.74 Å². The van der Waals surface area contributed by atoms with Gasteiger partial charge >= 0.3 is 0 Å². The van der Waals surface area contributed by atoms with E-state index in [4.69, 9.17) is 4.74 Å². The van der Waals surface area contributed by atoms with E-state index in [0.717, 1.165) is 51.4 Å². The zero-order valence-corrected chi connectivity index (χ0v) is 14.5. The minimum absolute atomic E-state index is 0.0633. The zero-order valence-electron chi connectivity index (χ0n) is 14.5. The Morgan fingerprint density at radius 3 is 2.65 bits per heavy atom. The third-order valence-electron chi connectivity index (χ3n) is 5.49. The molecule has 3 aliphatic rings. The van der Waals surface area contributed by atoms with E-state index in [9.17, 15) is 10.1 Å². The molecule has 2 bridgehead atoms. The van der Waals surface area contributed by atoms with E-state index in [-0.39, 0.29) is 11.0 Å². The van der Waals surface area contributed by atoms with Crippen LogP contribution >= 0.6 is 0 Å². The standard InChI is InChI=1S/C19H33NO3/c1-2-3-4-5-6-10-17(20(21)22)11-8-13-19-16-9-7-12-18(23-19)15-14-16/h16-18H,1-15H2. The fourth-order valence-electron chi connectivity index (χ4n) is 4.06. The molecule has 1 saturated carbocycles. The normalized spacial score (nSPS) is 26.1. The quantitative estimate of drug-likeness (QED) is 0.287. The molecule has 2 heterocycles. The first kappa shape index (κ1) is 18.7. The van der Waals surface area contributed by atoms with Gasteiger partial charge in [0.2, 0.25) is 6.04 Å². The highest BCUT2D eigenvalue weighted by Gasteiger charge is 2.34. The Balaban J connectivity index is 1.64. The fourth-order valence-corrected chi connectivity index (χ4v) is 4.06. The summed E-state index contributed by atoms with van der Waals surface area (Å²) in [5, 5.41) is 11.2. The molecule has 3 rings (SSSR count). The van der Waals surface area contributed by atoms with E-state index in [1.807, 2.05) is 0 Å². The van der Waals surface area contributed by atoms with Crippen molar-refractivity contribution in [2.75, 3.05) is 0 Å². The number of nitro groups is 1. The number of rotatable bonds is 11. The van der Waals surface area contributed by atoms with Gasteiger partial charge in [-0.15, -0.1) is 0 Å². The molecule has 0 amide bonds. The summed E-state index contributed by atoms with van der Waals surface area (Å²) in [4.78, 5) is 11.2. The molecule has 3 unspecified atom stereocenters. The topological polar surface area (TPSA) is 52.4 Å². The van der Waals surface area contributed by atoms with Gasteiger partial charge in [0.15, 0.2) is 0 Å². The monoisotopic (exact) mass is 323 g/mol. The summed E-state index contributed by atoms with van der Waals surface area (Å²) in [5.41, 5.74) is 0. The Morgan fingerprint density at radius 2 is 1.87 bits per heavy atom. The predicted octanol–water partition coefficient (Wildman–Crippen LogP) is 5.49. The number of hydrogen-bond donors (Lipinski definition) is 0. The Morgan fingerprint density at radius 1 is 1.09 bits per heavy atom. The fraction of sp³-hybridized carbons (Fsp3) is 0.895. The van der Waals surface area contributed by atoms with Crippen LogP contribution < -0.4 is 0 Å². The molecule has 0 aromatic rings. The number of fused-ring (bicyclic) bond motifs is 4.